The van der Waals surface area contributed by atoms with Gasteiger partial charge in [0, 0.05) is 10.7 Å². The van der Waals surface area contributed by atoms with Crippen LogP contribution in [0.25, 0.3) is 0 Å². The molecule has 0 spiro atoms. The molecule has 5 nitrogen and oxygen atoms in total. The van der Waals surface area contributed by atoms with Crippen LogP contribution in [0.3, 0.4) is 0 Å². The predicted molar refractivity (Wildman–Crippen MR) is 66.6 cm³/mol. The van der Waals surface area contributed by atoms with Gasteiger partial charge in [-0.1, -0.05) is 6.92 Å². The van der Waals surface area contributed by atoms with E-state index < -0.39 is 15.0 Å². The number of carbonyl (C=O) groups excluding carboxylic acids is 1. The zero-order valence-corrected chi connectivity index (χ0v) is 11.5. The summed E-state index contributed by atoms with van der Waals surface area (Å²) in [6.45, 7) is 2.13. The molecule has 0 saturated carbocycles. The molecule has 0 atom stereocenters. The summed E-state index contributed by atoms with van der Waals surface area (Å²) in [7, 11) is 2.60. The molecule has 0 aliphatic rings. The molecule has 0 saturated heterocycles. The Kier molecular flexibility index (Phi) is 4.98. The van der Waals surface area contributed by atoms with Crippen molar-refractivity contribution in [3.63, 3.8) is 0 Å². The van der Waals surface area contributed by atoms with Crippen LogP contribution in [0.4, 0.5) is 0 Å². The zero-order chi connectivity index (χ0) is 13.8. The third-order valence-corrected chi connectivity index (χ3v) is 3.44. The Balaban J connectivity index is 3.15. The molecule has 7 heteroatoms. The van der Waals surface area contributed by atoms with E-state index in [-0.39, 0.29) is 22.8 Å². The molecule has 1 aromatic carbocycles. The van der Waals surface area contributed by atoms with E-state index >= 15 is 0 Å². The van der Waals surface area contributed by atoms with Gasteiger partial charge in [0.15, 0.2) is 0 Å². The van der Waals surface area contributed by atoms with Crippen LogP contribution in [0.5, 0.6) is 5.75 Å². The number of halogens is 1. The third-order valence-electron chi connectivity index (χ3n) is 2.10. The van der Waals surface area contributed by atoms with E-state index in [2.05, 4.69) is 0 Å². The molecule has 0 aliphatic carbocycles. The highest BCUT2D eigenvalue weighted by atomic mass is 35.7. The highest BCUT2D eigenvalue weighted by molar-refractivity contribution is 8.13. The van der Waals surface area contributed by atoms with Gasteiger partial charge in [-0.25, -0.2) is 13.2 Å². The molecule has 0 unspecified atom stereocenters. The van der Waals surface area contributed by atoms with E-state index in [1.807, 2.05) is 6.92 Å². The number of carbonyl (C=O) groups is 1. The first-order chi connectivity index (χ1) is 8.40. The van der Waals surface area contributed by atoms with Gasteiger partial charge in [0.25, 0.3) is 9.05 Å². The summed E-state index contributed by atoms with van der Waals surface area (Å²) in [4.78, 5) is 11.3. The summed E-state index contributed by atoms with van der Waals surface area (Å²) < 4.78 is 32.4. The Morgan fingerprint density at radius 3 is 2.56 bits per heavy atom. The van der Waals surface area contributed by atoms with Crippen molar-refractivity contribution < 1.29 is 22.7 Å². The summed E-state index contributed by atoms with van der Waals surface area (Å²) >= 11 is 0. The minimum atomic E-state index is -3.98. The Labute approximate surface area is 110 Å². The van der Waals surface area contributed by atoms with Gasteiger partial charge in [0.2, 0.25) is 0 Å². The number of hydrogen-bond donors (Lipinski definition) is 0. The molecule has 0 aromatic heterocycles. The van der Waals surface area contributed by atoms with Crippen LogP contribution in [-0.4, -0.2) is 28.1 Å². The second kappa shape index (κ2) is 6.06. The fourth-order valence-corrected chi connectivity index (χ4v) is 2.29. The first-order valence-corrected chi connectivity index (χ1v) is 7.51. The number of hydrogen-bond acceptors (Lipinski definition) is 5. The van der Waals surface area contributed by atoms with Crippen molar-refractivity contribution >= 4 is 25.7 Å². The summed E-state index contributed by atoms with van der Waals surface area (Å²) in [5, 5.41) is 0. The molecule has 1 aromatic rings. The summed E-state index contributed by atoms with van der Waals surface area (Å²) in [5.74, 6) is -0.516. The van der Waals surface area contributed by atoms with E-state index in [0.717, 1.165) is 6.07 Å². The van der Waals surface area contributed by atoms with Crippen LogP contribution in [-0.2, 0) is 13.8 Å². The van der Waals surface area contributed by atoms with Gasteiger partial charge >= 0.3 is 5.97 Å². The minimum absolute atomic E-state index is 0.0806. The lowest BCUT2D eigenvalue weighted by molar-refractivity contribution is 0.0505. The normalized spacial score (nSPS) is 11.1. The molecule has 0 bridgehead atoms. The highest BCUT2D eigenvalue weighted by Crippen LogP contribution is 2.28. The van der Waals surface area contributed by atoms with Crippen molar-refractivity contribution in [2.75, 3.05) is 13.7 Å². The fraction of sp³-hybridized carbons (Fsp3) is 0.364. The average Bonchev–Trinajstić information content (AvgIpc) is 2.34. The maximum atomic E-state index is 11.6. The molecule has 18 heavy (non-hydrogen) atoms. The lowest BCUT2D eigenvalue weighted by Gasteiger charge is -2.08. The van der Waals surface area contributed by atoms with Gasteiger partial charge in [0.1, 0.15) is 10.6 Å². The molecular formula is C11H13ClO5S. The second-order valence-corrected chi connectivity index (χ2v) is 5.97. The number of rotatable bonds is 5. The Bertz CT molecular complexity index is 538. The van der Waals surface area contributed by atoms with Crippen molar-refractivity contribution in [3.05, 3.63) is 23.8 Å². The molecule has 0 amide bonds. The second-order valence-electron chi connectivity index (χ2n) is 3.44. The SMILES string of the molecule is CCCOC(=O)c1ccc(OC)c(S(=O)(=O)Cl)c1. The maximum Gasteiger partial charge on any atom is 0.338 e. The quantitative estimate of drug-likeness (QED) is 0.614. The largest absolute Gasteiger partial charge is 0.495 e. The maximum absolute atomic E-state index is 11.6. The fourth-order valence-electron chi connectivity index (χ4n) is 1.27. The Hall–Kier alpha value is -1.27. The molecule has 0 aliphatic heterocycles. The van der Waals surface area contributed by atoms with Crippen LogP contribution >= 0.6 is 10.7 Å². The summed E-state index contributed by atoms with van der Waals surface area (Å²) in [6.07, 6.45) is 0.683. The number of ether oxygens (including phenoxy) is 2. The predicted octanol–water partition coefficient (Wildman–Crippen LogP) is 2.19. The molecule has 100 valence electrons. The topological polar surface area (TPSA) is 69.7 Å². The first kappa shape index (κ1) is 14.8. The van der Waals surface area contributed by atoms with Crippen molar-refractivity contribution in [2.45, 2.75) is 18.2 Å². The van der Waals surface area contributed by atoms with Crippen LogP contribution < -0.4 is 4.74 Å². The Morgan fingerprint density at radius 1 is 1.39 bits per heavy atom. The molecule has 0 N–H and O–H groups in total. The Morgan fingerprint density at radius 2 is 2.06 bits per heavy atom. The number of benzene rings is 1. The smallest absolute Gasteiger partial charge is 0.338 e. The van der Waals surface area contributed by atoms with E-state index in [1.165, 1.54) is 19.2 Å². The summed E-state index contributed by atoms with van der Waals surface area (Å²) in [6, 6.07) is 3.92. The van der Waals surface area contributed by atoms with Crippen LogP contribution in [0.1, 0.15) is 23.7 Å². The lowest BCUT2D eigenvalue weighted by Crippen LogP contribution is -2.07. The third kappa shape index (κ3) is 3.61. The van der Waals surface area contributed by atoms with Crippen LogP contribution in [0, 0.1) is 0 Å². The van der Waals surface area contributed by atoms with Gasteiger partial charge in [-0.2, -0.15) is 0 Å². The molecular weight excluding hydrogens is 280 g/mol. The zero-order valence-electron chi connectivity index (χ0n) is 9.97. The van der Waals surface area contributed by atoms with Gasteiger partial charge in [-0.05, 0) is 24.6 Å². The molecule has 0 heterocycles. The monoisotopic (exact) mass is 292 g/mol. The molecule has 0 radical (unpaired) electrons. The van der Waals surface area contributed by atoms with E-state index in [4.69, 9.17) is 20.2 Å². The number of esters is 1. The van der Waals surface area contributed by atoms with Crippen molar-refractivity contribution in [1.82, 2.24) is 0 Å². The van der Waals surface area contributed by atoms with Crippen molar-refractivity contribution in [3.8, 4) is 5.75 Å². The number of methoxy groups -OCH3 is 1. The van der Waals surface area contributed by atoms with Crippen molar-refractivity contribution in [2.24, 2.45) is 0 Å². The molecule has 1 rings (SSSR count). The summed E-state index contributed by atoms with van der Waals surface area (Å²) in [5.41, 5.74) is 0.114. The highest BCUT2D eigenvalue weighted by Gasteiger charge is 2.19. The van der Waals surface area contributed by atoms with Crippen LogP contribution in [0.2, 0.25) is 0 Å². The van der Waals surface area contributed by atoms with E-state index in [1.54, 1.807) is 0 Å². The standard InChI is InChI=1S/C11H13ClO5S/c1-3-6-17-11(13)8-4-5-9(16-2)10(7-8)18(12,14)15/h4-5,7H,3,6H2,1-2H3. The minimum Gasteiger partial charge on any atom is -0.495 e. The first-order valence-electron chi connectivity index (χ1n) is 5.20. The van der Waals surface area contributed by atoms with Gasteiger partial charge in [0.05, 0.1) is 19.3 Å². The van der Waals surface area contributed by atoms with Gasteiger partial charge in [-0.15, -0.1) is 0 Å². The lowest BCUT2D eigenvalue weighted by atomic mass is 10.2. The average molecular weight is 293 g/mol. The van der Waals surface area contributed by atoms with Gasteiger partial charge < -0.3 is 9.47 Å². The molecule has 0 fully saturated rings. The van der Waals surface area contributed by atoms with E-state index in [9.17, 15) is 13.2 Å². The van der Waals surface area contributed by atoms with Crippen molar-refractivity contribution in [1.29, 1.82) is 0 Å². The van der Waals surface area contributed by atoms with Gasteiger partial charge in [-0.3, -0.25) is 0 Å². The van der Waals surface area contributed by atoms with E-state index in [0.29, 0.717) is 6.42 Å². The van der Waals surface area contributed by atoms with Crippen LogP contribution in [0.15, 0.2) is 23.1 Å².